The first-order chi connectivity index (χ1) is 18.2. The molecule has 0 aliphatic carbocycles. The molecule has 6 rings (SSSR count). The lowest BCUT2D eigenvalue weighted by Gasteiger charge is -2.37. The normalized spacial score (nSPS) is 14.8. The number of methoxy groups -OCH3 is 1. The fourth-order valence-electron chi connectivity index (χ4n) is 5.18. The maximum Gasteiger partial charge on any atom is 0.251 e. The molecule has 4 aromatic carbocycles. The van der Waals surface area contributed by atoms with E-state index in [0.29, 0.717) is 12.1 Å². The van der Waals surface area contributed by atoms with Gasteiger partial charge in [0.15, 0.2) is 0 Å². The van der Waals surface area contributed by atoms with Gasteiger partial charge in [0.05, 0.1) is 25.2 Å². The number of fused-ring (bicyclic) bond motifs is 2. The lowest BCUT2D eigenvalue weighted by atomic mass is 9.93. The third-order valence-corrected chi connectivity index (χ3v) is 7.10. The third-order valence-electron chi connectivity index (χ3n) is 7.10. The molecule has 2 N–H and O–H groups in total. The predicted octanol–water partition coefficient (Wildman–Crippen LogP) is 5.65. The number of hydrogen-bond donors (Lipinski definition) is 2. The minimum absolute atomic E-state index is 0.0442. The summed E-state index contributed by atoms with van der Waals surface area (Å²) < 4.78 is 5.20. The molecule has 1 aromatic heterocycles. The molecule has 1 atom stereocenters. The van der Waals surface area contributed by atoms with Crippen molar-refractivity contribution in [1.29, 1.82) is 0 Å². The van der Waals surface area contributed by atoms with Crippen LogP contribution >= 0.6 is 0 Å². The molecule has 0 saturated carbocycles. The maximum absolute atomic E-state index is 12.9. The number of amides is 1. The molecule has 6 heteroatoms. The highest BCUT2D eigenvalue weighted by Crippen LogP contribution is 2.39. The zero-order chi connectivity index (χ0) is 25.2. The molecule has 1 aliphatic rings. The van der Waals surface area contributed by atoms with Crippen LogP contribution in [-0.2, 0) is 13.0 Å². The number of hydrogen-bond acceptors (Lipinski definition) is 4. The highest BCUT2D eigenvalue weighted by atomic mass is 16.5. The van der Waals surface area contributed by atoms with Crippen LogP contribution in [0.25, 0.3) is 10.8 Å². The highest BCUT2D eigenvalue weighted by Gasteiger charge is 2.32. The summed E-state index contributed by atoms with van der Waals surface area (Å²) in [6.45, 7) is 1.33. The Labute approximate surface area is 215 Å². The van der Waals surface area contributed by atoms with E-state index >= 15 is 0 Å². The quantitative estimate of drug-likeness (QED) is 0.324. The summed E-state index contributed by atoms with van der Waals surface area (Å²) in [6.07, 6.45) is 2.69. The number of carbonyl (C=O) groups excluding carboxylic acids is 1. The van der Waals surface area contributed by atoms with E-state index in [1.807, 2.05) is 36.4 Å². The van der Waals surface area contributed by atoms with Gasteiger partial charge in [-0.05, 0) is 46.8 Å². The van der Waals surface area contributed by atoms with Crippen molar-refractivity contribution in [3.8, 4) is 5.75 Å². The number of carbonyl (C=O) groups is 1. The molecule has 1 amide bonds. The van der Waals surface area contributed by atoms with E-state index in [1.54, 1.807) is 13.4 Å². The van der Waals surface area contributed by atoms with Gasteiger partial charge < -0.3 is 19.9 Å². The second kappa shape index (κ2) is 9.82. The van der Waals surface area contributed by atoms with E-state index in [2.05, 4.69) is 69.8 Å². The average Bonchev–Trinajstić information content (AvgIpc) is 3.44. The van der Waals surface area contributed by atoms with Crippen molar-refractivity contribution >= 4 is 22.4 Å². The number of ether oxygens (including phenoxy) is 1. The standard InChI is InChI=1S/C31H28N4O2/c1-37-25-15-9-21(10-16-25)19-32-31(36)24-13-11-23(12-14-24)30-29-27(33-20-34-29)17-18-35(30)28-8-4-6-22-5-2-3-7-26(22)28/h2-16,20,30H,17-19H2,1H3,(H,32,36)(H,33,34). The van der Waals surface area contributed by atoms with E-state index in [-0.39, 0.29) is 11.9 Å². The Balaban J connectivity index is 1.27. The number of rotatable bonds is 6. The highest BCUT2D eigenvalue weighted by molar-refractivity contribution is 5.95. The van der Waals surface area contributed by atoms with Crippen molar-refractivity contribution in [2.24, 2.45) is 0 Å². The summed E-state index contributed by atoms with van der Waals surface area (Å²) in [5.74, 6) is 0.698. The summed E-state index contributed by atoms with van der Waals surface area (Å²) in [4.78, 5) is 23.3. The molecule has 0 radical (unpaired) electrons. The second-order valence-corrected chi connectivity index (χ2v) is 9.26. The van der Waals surface area contributed by atoms with Gasteiger partial charge in [-0.15, -0.1) is 0 Å². The monoisotopic (exact) mass is 488 g/mol. The number of imidazole rings is 1. The minimum atomic E-state index is -0.0996. The number of aromatic nitrogens is 2. The molecular formula is C31H28N4O2. The summed E-state index contributed by atoms with van der Waals surface area (Å²) in [5.41, 5.74) is 6.15. The largest absolute Gasteiger partial charge is 0.497 e. The summed E-state index contributed by atoms with van der Waals surface area (Å²) in [6, 6.07) is 30.5. The molecule has 184 valence electrons. The van der Waals surface area contributed by atoms with Gasteiger partial charge in [-0.2, -0.15) is 0 Å². The van der Waals surface area contributed by atoms with Crippen molar-refractivity contribution in [2.75, 3.05) is 18.6 Å². The zero-order valence-electron chi connectivity index (χ0n) is 20.6. The Morgan fingerprint density at radius 2 is 1.78 bits per heavy atom. The third kappa shape index (κ3) is 4.42. The molecule has 1 unspecified atom stereocenters. The van der Waals surface area contributed by atoms with E-state index in [0.717, 1.165) is 35.5 Å². The summed E-state index contributed by atoms with van der Waals surface area (Å²) >= 11 is 0. The fraction of sp³-hybridized carbons (Fsp3) is 0.161. The minimum Gasteiger partial charge on any atom is -0.497 e. The smallest absolute Gasteiger partial charge is 0.251 e. The predicted molar refractivity (Wildman–Crippen MR) is 146 cm³/mol. The first kappa shape index (κ1) is 22.9. The Kier molecular flexibility index (Phi) is 6.06. The average molecular weight is 489 g/mol. The van der Waals surface area contributed by atoms with Crippen molar-refractivity contribution in [3.63, 3.8) is 0 Å². The van der Waals surface area contributed by atoms with Crippen molar-refractivity contribution in [3.05, 3.63) is 125 Å². The molecule has 0 fully saturated rings. The van der Waals surface area contributed by atoms with Gasteiger partial charge in [-0.25, -0.2) is 4.98 Å². The van der Waals surface area contributed by atoms with Gasteiger partial charge in [0, 0.05) is 41.8 Å². The number of nitrogens with zero attached hydrogens (tertiary/aromatic N) is 2. The number of H-pyrrole nitrogens is 1. The summed E-state index contributed by atoms with van der Waals surface area (Å²) in [7, 11) is 1.64. The molecule has 0 bridgehead atoms. The van der Waals surface area contributed by atoms with Crippen LogP contribution in [0.15, 0.2) is 97.3 Å². The molecule has 5 aromatic rings. The van der Waals surface area contributed by atoms with E-state index in [4.69, 9.17) is 9.72 Å². The van der Waals surface area contributed by atoms with E-state index < -0.39 is 0 Å². The number of benzene rings is 4. The van der Waals surface area contributed by atoms with Gasteiger partial charge in [0.25, 0.3) is 5.91 Å². The Morgan fingerprint density at radius 3 is 2.59 bits per heavy atom. The fourth-order valence-corrected chi connectivity index (χ4v) is 5.18. The molecule has 1 aliphatic heterocycles. The zero-order valence-corrected chi connectivity index (χ0v) is 20.6. The SMILES string of the molecule is COc1ccc(CNC(=O)c2ccc(C3c4nc[nH]c4CCN3c3cccc4ccccc34)cc2)cc1. The van der Waals surface area contributed by atoms with Crippen LogP contribution in [-0.4, -0.2) is 29.5 Å². The topological polar surface area (TPSA) is 70.2 Å². The Morgan fingerprint density at radius 1 is 1.00 bits per heavy atom. The van der Waals surface area contributed by atoms with Crippen molar-refractivity contribution in [2.45, 2.75) is 19.0 Å². The van der Waals surface area contributed by atoms with E-state index in [1.165, 1.54) is 22.2 Å². The Hall–Kier alpha value is -4.58. The van der Waals surface area contributed by atoms with Crippen LogP contribution in [0.5, 0.6) is 5.75 Å². The molecular weight excluding hydrogens is 460 g/mol. The van der Waals surface area contributed by atoms with Crippen LogP contribution in [0.1, 0.15) is 38.9 Å². The molecule has 2 heterocycles. The van der Waals surface area contributed by atoms with Crippen molar-refractivity contribution in [1.82, 2.24) is 15.3 Å². The number of aromatic amines is 1. The lowest BCUT2D eigenvalue weighted by Crippen LogP contribution is -2.36. The lowest BCUT2D eigenvalue weighted by molar-refractivity contribution is 0.0951. The van der Waals surface area contributed by atoms with Gasteiger partial charge in [-0.1, -0.05) is 60.7 Å². The van der Waals surface area contributed by atoms with Crippen LogP contribution < -0.4 is 15.0 Å². The number of nitrogens with one attached hydrogen (secondary N) is 2. The first-order valence-electron chi connectivity index (χ1n) is 12.5. The van der Waals surface area contributed by atoms with E-state index in [9.17, 15) is 4.79 Å². The van der Waals surface area contributed by atoms with Crippen LogP contribution in [0, 0.1) is 0 Å². The molecule has 0 saturated heterocycles. The molecule has 6 nitrogen and oxygen atoms in total. The Bertz CT molecular complexity index is 1530. The van der Waals surface area contributed by atoms with Gasteiger partial charge in [-0.3, -0.25) is 4.79 Å². The maximum atomic E-state index is 12.9. The van der Waals surface area contributed by atoms with Crippen LogP contribution in [0.2, 0.25) is 0 Å². The second-order valence-electron chi connectivity index (χ2n) is 9.26. The van der Waals surface area contributed by atoms with Gasteiger partial charge in [0.2, 0.25) is 0 Å². The van der Waals surface area contributed by atoms with Gasteiger partial charge in [0.1, 0.15) is 5.75 Å². The first-order valence-corrected chi connectivity index (χ1v) is 12.5. The molecule has 37 heavy (non-hydrogen) atoms. The van der Waals surface area contributed by atoms with Gasteiger partial charge >= 0.3 is 0 Å². The summed E-state index contributed by atoms with van der Waals surface area (Å²) in [5, 5.41) is 5.45. The number of anilines is 1. The van der Waals surface area contributed by atoms with Crippen LogP contribution in [0.3, 0.4) is 0 Å². The van der Waals surface area contributed by atoms with Crippen LogP contribution in [0.4, 0.5) is 5.69 Å². The van der Waals surface area contributed by atoms with Crippen molar-refractivity contribution < 1.29 is 9.53 Å². The molecule has 0 spiro atoms.